The molecule has 118 valence electrons. The number of hydrogen-bond acceptors (Lipinski definition) is 5. The van der Waals surface area contributed by atoms with Crippen LogP contribution < -0.4 is 10.1 Å². The molecule has 1 rings (SSSR count). The topological polar surface area (TPSA) is 56.8 Å². The highest BCUT2D eigenvalue weighted by Gasteiger charge is 2.17. The summed E-state index contributed by atoms with van der Waals surface area (Å²) in [7, 11) is 0. The summed E-state index contributed by atoms with van der Waals surface area (Å²) in [5.41, 5.74) is 0. The predicted octanol–water partition coefficient (Wildman–Crippen LogP) is 2.01. The number of carbonyl (C=O) groups excluding carboxylic acids is 1. The van der Waals surface area contributed by atoms with Gasteiger partial charge in [-0.2, -0.15) is 0 Å². The van der Waals surface area contributed by atoms with E-state index >= 15 is 0 Å². The standard InChI is InChI=1S/C16H25NO4/c1-3-17-15(16(18)20-4-2)10-11-19-12-13-21-14-8-6-5-7-9-14/h5-9,15,17H,3-4,10-13H2,1-2H3. The van der Waals surface area contributed by atoms with Crippen LogP contribution in [0.4, 0.5) is 0 Å². The predicted molar refractivity (Wildman–Crippen MR) is 81.5 cm³/mol. The summed E-state index contributed by atoms with van der Waals surface area (Å²) in [5.74, 6) is 0.613. The van der Waals surface area contributed by atoms with Crippen LogP contribution in [0, 0.1) is 0 Å². The Hall–Kier alpha value is -1.59. The molecule has 0 aromatic heterocycles. The summed E-state index contributed by atoms with van der Waals surface area (Å²) in [4.78, 5) is 11.7. The quantitative estimate of drug-likeness (QED) is 0.500. The van der Waals surface area contributed by atoms with E-state index in [4.69, 9.17) is 14.2 Å². The maximum atomic E-state index is 11.7. The largest absolute Gasteiger partial charge is 0.491 e. The molecule has 0 amide bonds. The number of likely N-dealkylation sites (N-methyl/N-ethyl adjacent to an activating group) is 1. The maximum Gasteiger partial charge on any atom is 0.323 e. The van der Waals surface area contributed by atoms with Crippen LogP contribution in [-0.4, -0.2) is 45.0 Å². The summed E-state index contributed by atoms with van der Waals surface area (Å²) in [5, 5.41) is 3.10. The van der Waals surface area contributed by atoms with Gasteiger partial charge in [0.25, 0.3) is 0 Å². The summed E-state index contributed by atoms with van der Waals surface area (Å²) < 4.78 is 16.0. The molecule has 21 heavy (non-hydrogen) atoms. The average Bonchev–Trinajstić information content (AvgIpc) is 2.51. The Kier molecular flexibility index (Phi) is 9.24. The van der Waals surface area contributed by atoms with Crippen LogP contribution in [0.25, 0.3) is 0 Å². The molecule has 1 N–H and O–H groups in total. The first-order valence-corrected chi connectivity index (χ1v) is 7.43. The van der Waals surface area contributed by atoms with Gasteiger partial charge in [-0.1, -0.05) is 25.1 Å². The van der Waals surface area contributed by atoms with E-state index in [1.807, 2.05) is 37.3 Å². The lowest BCUT2D eigenvalue weighted by Gasteiger charge is -2.16. The molecule has 0 aliphatic rings. The van der Waals surface area contributed by atoms with Crippen molar-refractivity contribution in [1.29, 1.82) is 0 Å². The molecular weight excluding hydrogens is 270 g/mol. The molecule has 0 radical (unpaired) electrons. The van der Waals surface area contributed by atoms with E-state index in [0.717, 1.165) is 12.3 Å². The fourth-order valence-electron chi connectivity index (χ4n) is 1.83. The van der Waals surface area contributed by atoms with Crippen molar-refractivity contribution in [3.05, 3.63) is 30.3 Å². The van der Waals surface area contributed by atoms with Gasteiger partial charge < -0.3 is 19.5 Å². The number of para-hydroxylation sites is 1. The van der Waals surface area contributed by atoms with Crippen LogP contribution in [-0.2, 0) is 14.3 Å². The zero-order chi connectivity index (χ0) is 15.3. The van der Waals surface area contributed by atoms with Crippen LogP contribution in [0.2, 0.25) is 0 Å². The van der Waals surface area contributed by atoms with Crippen LogP contribution >= 0.6 is 0 Å². The van der Waals surface area contributed by atoms with E-state index in [1.54, 1.807) is 6.92 Å². The molecule has 1 unspecified atom stereocenters. The minimum absolute atomic E-state index is 0.219. The molecule has 0 aliphatic carbocycles. The van der Waals surface area contributed by atoms with Crippen LogP contribution in [0.3, 0.4) is 0 Å². The van der Waals surface area contributed by atoms with Gasteiger partial charge in [-0.15, -0.1) is 0 Å². The van der Waals surface area contributed by atoms with Crippen LogP contribution in [0.15, 0.2) is 30.3 Å². The van der Waals surface area contributed by atoms with Crippen LogP contribution in [0.1, 0.15) is 20.3 Å². The Morgan fingerprint density at radius 3 is 2.57 bits per heavy atom. The number of carbonyl (C=O) groups is 1. The van der Waals surface area contributed by atoms with Gasteiger partial charge in [0.1, 0.15) is 18.4 Å². The minimum Gasteiger partial charge on any atom is -0.491 e. The number of benzene rings is 1. The van der Waals surface area contributed by atoms with Crippen molar-refractivity contribution in [3.8, 4) is 5.75 Å². The highest BCUT2D eigenvalue weighted by Crippen LogP contribution is 2.07. The summed E-state index contributed by atoms with van der Waals surface area (Å²) >= 11 is 0. The molecular formula is C16H25NO4. The third-order valence-corrected chi connectivity index (χ3v) is 2.81. The molecule has 0 saturated carbocycles. The average molecular weight is 295 g/mol. The fourth-order valence-corrected chi connectivity index (χ4v) is 1.83. The van der Waals surface area contributed by atoms with Gasteiger partial charge in [0.15, 0.2) is 0 Å². The fraction of sp³-hybridized carbons (Fsp3) is 0.562. The first-order chi connectivity index (χ1) is 10.3. The van der Waals surface area contributed by atoms with E-state index in [0.29, 0.717) is 32.8 Å². The second kappa shape index (κ2) is 11.1. The van der Waals surface area contributed by atoms with Crippen LogP contribution in [0.5, 0.6) is 5.75 Å². The number of hydrogen-bond donors (Lipinski definition) is 1. The zero-order valence-corrected chi connectivity index (χ0v) is 12.8. The lowest BCUT2D eigenvalue weighted by atomic mass is 10.2. The molecule has 1 aromatic carbocycles. The van der Waals surface area contributed by atoms with Gasteiger partial charge in [0, 0.05) is 6.61 Å². The molecule has 0 bridgehead atoms. The Labute approximate surface area is 126 Å². The van der Waals surface area contributed by atoms with Gasteiger partial charge in [-0.3, -0.25) is 4.79 Å². The van der Waals surface area contributed by atoms with E-state index in [2.05, 4.69) is 5.32 Å². The Bertz CT molecular complexity index is 383. The van der Waals surface area contributed by atoms with Crippen molar-refractivity contribution in [1.82, 2.24) is 5.32 Å². The zero-order valence-electron chi connectivity index (χ0n) is 12.8. The molecule has 0 spiro atoms. The molecule has 0 heterocycles. The molecule has 5 heteroatoms. The lowest BCUT2D eigenvalue weighted by Crippen LogP contribution is -2.39. The van der Waals surface area contributed by atoms with Crippen molar-refractivity contribution in [3.63, 3.8) is 0 Å². The first kappa shape index (κ1) is 17.5. The summed E-state index contributed by atoms with van der Waals surface area (Å²) in [6.07, 6.45) is 0.595. The van der Waals surface area contributed by atoms with Gasteiger partial charge >= 0.3 is 5.97 Å². The second-order valence-electron chi connectivity index (χ2n) is 4.42. The third kappa shape index (κ3) is 7.68. The number of nitrogens with one attached hydrogen (secondary N) is 1. The Morgan fingerprint density at radius 2 is 1.90 bits per heavy atom. The van der Waals surface area contributed by atoms with E-state index in [9.17, 15) is 4.79 Å². The molecule has 0 saturated heterocycles. The smallest absolute Gasteiger partial charge is 0.323 e. The SMILES string of the molecule is CCNC(CCOCCOc1ccccc1)C(=O)OCC. The molecule has 0 fully saturated rings. The normalized spacial score (nSPS) is 11.9. The minimum atomic E-state index is -0.301. The number of rotatable bonds is 11. The number of ether oxygens (including phenoxy) is 3. The van der Waals surface area contributed by atoms with E-state index in [1.165, 1.54) is 0 Å². The van der Waals surface area contributed by atoms with Gasteiger partial charge in [0.05, 0.1) is 13.2 Å². The molecule has 5 nitrogen and oxygen atoms in total. The Morgan fingerprint density at radius 1 is 1.14 bits per heavy atom. The van der Waals surface area contributed by atoms with Gasteiger partial charge in [-0.05, 0) is 32.0 Å². The highest BCUT2D eigenvalue weighted by atomic mass is 16.5. The van der Waals surface area contributed by atoms with Crippen molar-refractivity contribution in [2.24, 2.45) is 0 Å². The monoisotopic (exact) mass is 295 g/mol. The maximum absolute atomic E-state index is 11.7. The van der Waals surface area contributed by atoms with Gasteiger partial charge in [0.2, 0.25) is 0 Å². The summed E-state index contributed by atoms with van der Waals surface area (Å²) in [6.45, 7) is 6.37. The highest BCUT2D eigenvalue weighted by molar-refractivity contribution is 5.75. The number of esters is 1. The lowest BCUT2D eigenvalue weighted by molar-refractivity contribution is -0.146. The molecule has 1 aromatic rings. The molecule has 0 aliphatic heterocycles. The van der Waals surface area contributed by atoms with Gasteiger partial charge in [-0.25, -0.2) is 0 Å². The van der Waals surface area contributed by atoms with E-state index < -0.39 is 0 Å². The second-order valence-corrected chi connectivity index (χ2v) is 4.42. The summed E-state index contributed by atoms with van der Waals surface area (Å²) in [6, 6.07) is 9.31. The van der Waals surface area contributed by atoms with Crippen molar-refractivity contribution >= 4 is 5.97 Å². The first-order valence-electron chi connectivity index (χ1n) is 7.43. The Balaban J connectivity index is 2.12. The van der Waals surface area contributed by atoms with Crippen molar-refractivity contribution in [2.75, 3.05) is 33.0 Å². The van der Waals surface area contributed by atoms with E-state index in [-0.39, 0.29) is 12.0 Å². The van der Waals surface area contributed by atoms with Crippen molar-refractivity contribution < 1.29 is 19.0 Å². The third-order valence-electron chi connectivity index (χ3n) is 2.81. The molecule has 1 atom stereocenters. The van der Waals surface area contributed by atoms with Crippen molar-refractivity contribution in [2.45, 2.75) is 26.3 Å².